The molecule has 2 atom stereocenters. The van der Waals surface area contributed by atoms with Crippen molar-refractivity contribution < 1.29 is 4.90 Å². The Balaban J connectivity index is 1.48. The Labute approximate surface area is 170 Å². The van der Waals surface area contributed by atoms with Crippen molar-refractivity contribution in [1.82, 2.24) is 14.8 Å². The van der Waals surface area contributed by atoms with Crippen LogP contribution in [0.4, 0.5) is 0 Å². The molecule has 0 spiro atoms. The molecule has 0 fully saturated rings. The summed E-state index contributed by atoms with van der Waals surface area (Å²) in [5.74, 6) is 0.834. The number of fused-ring (bicyclic) bond motifs is 1. The van der Waals surface area contributed by atoms with Gasteiger partial charge >= 0.3 is 0 Å². The Hall–Kier alpha value is -2.06. The smallest absolute Gasteiger partial charge is 0.221 e. The predicted octanol–water partition coefficient (Wildman–Crippen LogP) is 3.92. The summed E-state index contributed by atoms with van der Waals surface area (Å²) in [7, 11) is 0. The molecule has 1 unspecified atom stereocenters. The predicted molar refractivity (Wildman–Crippen MR) is 113 cm³/mol. The highest BCUT2D eigenvalue weighted by Crippen LogP contribution is 2.31. The summed E-state index contributed by atoms with van der Waals surface area (Å²) in [5, 5.41) is 7.81. The van der Waals surface area contributed by atoms with Crippen molar-refractivity contribution in [1.29, 1.82) is 0 Å². The quantitative estimate of drug-likeness (QED) is 0.500. The second-order valence-electron chi connectivity index (χ2n) is 6.71. The fraction of sp³-hybridized carbons (Fsp3) is 0.200. The second kappa shape index (κ2) is 7.16. The number of nitrogens with zero attached hydrogens (tertiary/aromatic N) is 2. The van der Waals surface area contributed by atoms with E-state index < -0.39 is 0 Å². The molecule has 136 valence electrons. The first-order valence-electron chi connectivity index (χ1n) is 8.96. The van der Waals surface area contributed by atoms with E-state index in [0.717, 1.165) is 31.0 Å². The Kier molecular flexibility index (Phi) is 4.53. The third-order valence-corrected chi connectivity index (χ3v) is 7.33. The van der Waals surface area contributed by atoms with E-state index in [4.69, 9.17) is 12.2 Å². The number of nitrogens with one attached hydrogen (secondary N) is 2. The van der Waals surface area contributed by atoms with Gasteiger partial charge < -0.3 is 4.90 Å². The Morgan fingerprint density at radius 3 is 2.81 bits per heavy atom. The molecule has 2 N–H and O–H groups in total. The number of hydrogen-bond donors (Lipinski definition) is 2. The van der Waals surface area contributed by atoms with Crippen LogP contribution in [-0.2, 0) is 13.1 Å². The van der Waals surface area contributed by atoms with Gasteiger partial charge in [0.15, 0.2) is 18.5 Å². The molecular formula is C20H19N4S3+. The Bertz CT molecular complexity index is 1090. The summed E-state index contributed by atoms with van der Waals surface area (Å²) < 4.78 is 2.63. The molecule has 0 aliphatic carbocycles. The highest BCUT2D eigenvalue weighted by molar-refractivity contribution is 7.71. The first-order valence-corrected chi connectivity index (χ1v) is 11.1. The van der Waals surface area contributed by atoms with E-state index in [-0.39, 0.29) is 0 Å². The molecule has 1 aliphatic rings. The molecule has 7 heteroatoms. The normalized spacial score (nSPS) is 19.1. The van der Waals surface area contributed by atoms with Crippen LogP contribution in [0.3, 0.4) is 0 Å². The summed E-state index contributed by atoms with van der Waals surface area (Å²) in [4.78, 5) is 9.02. The van der Waals surface area contributed by atoms with Crippen LogP contribution in [0.15, 0.2) is 59.3 Å². The van der Waals surface area contributed by atoms with E-state index in [9.17, 15) is 0 Å². The number of quaternary nitrogens is 1. The SMILES string of the molecule is S=c1nc(-c2ccccc2)[nH]n1C[NH+]1CCc2sccc2[C@H]1c1cccs1. The van der Waals surface area contributed by atoms with Gasteiger partial charge in [-0.25, -0.2) is 4.68 Å². The van der Waals surface area contributed by atoms with Gasteiger partial charge in [-0.2, -0.15) is 4.98 Å². The fourth-order valence-corrected chi connectivity index (χ4v) is 5.85. The van der Waals surface area contributed by atoms with Crippen LogP contribution >= 0.6 is 34.9 Å². The maximum atomic E-state index is 5.55. The largest absolute Gasteiger partial charge is 0.305 e. The van der Waals surface area contributed by atoms with E-state index in [1.807, 2.05) is 45.6 Å². The van der Waals surface area contributed by atoms with E-state index in [1.54, 1.807) is 0 Å². The number of H-pyrrole nitrogens is 1. The summed E-state index contributed by atoms with van der Waals surface area (Å²) in [6.45, 7) is 1.88. The van der Waals surface area contributed by atoms with Crippen molar-refractivity contribution in [2.24, 2.45) is 0 Å². The zero-order valence-electron chi connectivity index (χ0n) is 14.6. The van der Waals surface area contributed by atoms with Crippen molar-refractivity contribution in [3.63, 3.8) is 0 Å². The first-order chi connectivity index (χ1) is 13.3. The number of rotatable bonds is 4. The third kappa shape index (κ3) is 3.21. The van der Waals surface area contributed by atoms with Crippen LogP contribution in [0.5, 0.6) is 0 Å². The topological polar surface area (TPSA) is 38.0 Å². The van der Waals surface area contributed by atoms with Crippen LogP contribution in [0.1, 0.15) is 21.4 Å². The van der Waals surface area contributed by atoms with Crippen molar-refractivity contribution in [3.05, 3.63) is 79.4 Å². The van der Waals surface area contributed by atoms with Crippen LogP contribution in [-0.4, -0.2) is 21.3 Å². The van der Waals surface area contributed by atoms with Crippen molar-refractivity contribution in [2.75, 3.05) is 6.54 Å². The molecule has 1 aliphatic heterocycles. The molecule has 4 heterocycles. The van der Waals surface area contributed by atoms with Gasteiger partial charge in [-0.3, -0.25) is 5.10 Å². The molecule has 5 rings (SSSR count). The standard InChI is InChI=1S/C20H18N4S3/c25-20-21-19(14-5-2-1-3-6-14)22-24(20)13-23-10-8-16-15(9-12-27-16)18(23)17-7-4-11-26-17/h1-7,9,11-12,18H,8,10,13H2,(H,21,22,25)/p+1/t18-/m0/s1. The zero-order valence-corrected chi connectivity index (χ0v) is 17.0. The number of aromatic amines is 1. The third-order valence-electron chi connectivity index (χ3n) is 5.09. The average Bonchev–Trinajstić information content (AvgIpc) is 3.44. The van der Waals surface area contributed by atoms with E-state index in [1.165, 1.54) is 20.2 Å². The first kappa shape index (κ1) is 17.1. The van der Waals surface area contributed by atoms with Crippen LogP contribution in [0, 0.1) is 4.77 Å². The van der Waals surface area contributed by atoms with Gasteiger partial charge in [0.1, 0.15) is 0 Å². The minimum Gasteiger partial charge on any atom is -0.305 e. The lowest BCUT2D eigenvalue weighted by Gasteiger charge is -2.32. The Morgan fingerprint density at radius 2 is 2.00 bits per heavy atom. The van der Waals surface area contributed by atoms with Crippen LogP contribution in [0.2, 0.25) is 0 Å². The Morgan fingerprint density at radius 1 is 1.11 bits per heavy atom. The van der Waals surface area contributed by atoms with E-state index in [2.05, 4.69) is 51.2 Å². The highest BCUT2D eigenvalue weighted by atomic mass is 32.1. The molecule has 4 nitrogen and oxygen atoms in total. The van der Waals surface area contributed by atoms with Gasteiger partial charge in [0.25, 0.3) is 0 Å². The second-order valence-corrected chi connectivity index (χ2v) is 9.06. The summed E-state index contributed by atoms with van der Waals surface area (Å²) in [6, 6.07) is 17.2. The minimum absolute atomic E-state index is 0.366. The van der Waals surface area contributed by atoms with Gasteiger partial charge in [0, 0.05) is 22.4 Å². The van der Waals surface area contributed by atoms with Crippen molar-refractivity contribution in [3.8, 4) is 11.4 Å². The fourth-order valence-electron chi connectivity index (χ4n) is 3.82. The number of aromatic nitrogens is 3. The number of hydrogen-bond acceptors (Lipinski definition) is 4. The molecule has 1 aromatic carbocycles. The lowest BCUT2D eigenvalue weighted by atomic mass is 9.99. The molecule has 0 saturated carbocycles. The minimum atomic E-state index is 0.366. The van der Waals surface area contributed by atoms with Crippen molar-refractivity contribution >= 4 is 34.9 Å². The number of benzene rings is 1. The highest BCUT2D eigenvalue weighted by Gasteiger charge is 2.34. The van der Waals surface area contributed by atoms with Crippen LogP contribution < -0.4 is 4.90 Å². The molecule has 0 saturated heterocycles. The molecule has 3 aromatic heterocycles. The van der Waals surface area contributed by atoms with Gasteiger partial charge in [-0.15, -0.1) is 22.7 Å². The number of thiophene rings is 2. The molecule has 0 bridgehead atoms. The maximum Gasteiger partial charge on any atom is 0.221 e. The van der Waals surface area contributed by atoms with Gasteiger partial charge in [0.2, 0.25) is 4.77 Å². The van der Waals surface area contributed by atoms with Gasteiger partial charge in [-0.05, 0) is 35.1 Å². The summed E-state index contributed by atoms with van der Waals surface area (Å²) in [5.41, 5.74) is 2.53. The molecule has 27 heavy (non-hydrogen) atoms. The summed E-state index contributed by atoms with van der Waals surface area (Å²) >= 11 is 9.28. The van der Waals surface area contributed by atoms with Gasteiger partial charge in [0.05, 0.1) is 11.4 Å². The van der Waals surface area contributed by atoms with Crippen LogP contribution in [0.25, 0.3) is 11.4 Å². The lowest BCUT2D eigenvalue weighted by Crippen LogP contribution is -3.12. The monoisotopic (exact) mass is 411 g/mol. The maximum absolute atomic E-state index is 5.55. The molecular weight excluding hydrogens is 392 g/mol. The van der Waals surface area contributed by atoms with E-state index >= 15 is 0 Å². The van der Waals surface area contributed by atoms with Gasteiger partial charge in [-0.1, -0.05) is 36.4 Å². The molecule has 4 aromatic rings. The lowest BCUT2D eigenvalue weighted by molar-refractivity contribution is -0.950. The summed E-state index contributed by atoms with van der Waals surface area (Å²) in [6.07, 6.45) is 1.12. The zero-order chi connectivity index (χ0) is 18.2. The molecule has 0 amide bonds. The van der Waals surface area contributed by atoms with Crippen molar-refractivity contribution in [2.45, 2.75) is 19.1 Å². The average molecular weight is 412 g/mol. The molecule has 0 radical (unpaired) electrons. The van der Waals surface area contributed by atoms with E-state index in [0.29, 0.717) is 10.8 Å².